The molecule has 0 aliphatic carbocycles. The average molecular weight is 328 g/mol. The van der Waals surface area contributed by atoms with Gasteiger partial charge in [-0.1, -0.05) is 0 Å². The molecule has 0 atom stereocenters. The van der Waals surface area contributed by atoms with Crippen LogP contribution in [0.3, 0.4) is 0 Å². The first kappa shape index (κ1) is 13.9. The molecule has 0 amide bonds. The summed E-state index contributed by atoms with van der Waals surface area (Å²) in [6.07, 6.45) is 0. The SMILES string of the molecule is CCNc1nc(C)cc(-c2c(F)ccc(Br)c2F)n1. The highest BCUT2D eigenvalue weighted by Gasteiger charge is 2.16. The van der Waals surface area contributed by atoms with E-state index in [9.17, 15) is 8.78 Å². The van der Waals surface area contributed by atoms with Crippen molar-refractivity contribution in [3.05, 3.63) is 40.0 Å². The molecule has 0 aliphatic heterocycles. The Bertz CT molecular complexity index is 617. The molecule has 1 heterocycles. The molecule has 0 saturated carbocycles. The summed E-state index contributed by atoms with van der Waals surface area (Å²) in [5.74, 6) is -0.960. The topological polar surface area (TPSA) is 37.8 Å². The number of aryl methyl sites for hydroxylation is 1. The van der Waals surface area contributed by atoms with Crippen molar-refractivity contribution in [2.75, 3.05) is 11.9 Å². The van der Waals surface area contributed by atoms with Crippen LogP contribution in [-0.4, -0.2) is 16.5 Å². The van der Waals surface area contributed by atoms with Gasteiger partial charge in [-0.3, -0.25) is 0 Å². The van der Waals surface area contributed by atoms with E-state index in [1.807, 2.05) is 6.92 Å². The molecule has 0 saturated heterocycles. The summed E-state index contributed by atoms with van der Waals surface area (Å²) in [4.78, 5) is 8.29. The summed E-state index contributed by atoms with van der Waals surface area (Å²) in [6.45, 7) is 4.28. The molecule has 100 valence electrons. The lowest BCUT2D eigenvalue weighted by Gasteiger charge is -2.09. The summed E-state index contributed by atoms with van der Waals surface area (Å²) < 4.78 is 28.1. The van der Waals surface area contributed by atoms with Crippen LogP contribution in [0.5, 0.6) is 0 Å². The lowest BCUT2D eigenvalue weighted by Crippen LogP contribution is -2.05. The maximum absolute atomic E-state index is 14.0. The molecule has 3 nitrogen and oxygen atoms in total. The van der Waals surface area contributed by atoms with Crippen LogP contribution >= 0.6 is 15.9 Å². The Labute approximate surface area is 118 Å². The summed E-state index contributed by atoms with van der Waals surface area (Å²) in [5, 5.41) is 2.93. The number of benzene rings is 1. The molecule has 6 heteroatoms. The fraction of sp³-hybridized carbons (Fsp3) is 0.231. The Morgan fingerprint density at radius 1 is 1.26 bits per heavy atom. The van der Waals surface area contributed by atoms with Crippen molar-refractivity contribution in [3.8, 4) is 11.3 Å². The first-order valence-electron chi connectivity index (χ1n) is 5.76. The van der Waals surface area contributed by atoms with Gasteiger partial charge >= 0.3 is 0 Å². The number of anilines is 1. The van der Waals surface area contributed by atoms with Crippen LogP contribution in [0.4, 0.5) is 14.7 Å². The number of hydrogen-bond acceptors (Lipinski definition) is 3. The fourth-order valence-corrected chi connectivity index (χ4v) is 2.03. The average Bonchev–Trinajstić information content (AvgIpc) is 2.34. The van der Waals surface area contributed by atoms with Crippen LogP contribution < -0.4 is 5.32 Å². The first-order valence-corrected chi connectivity index (χ1v) is 6.55. The number of hydrogen-bond donors (Lipinski definition) is 1. The first-order chi connectivity index (χ1) is 9.02. The maximum Gasteiger partial charge on any atom is 0.223 e. The van der Waals surface area contributed by atoms with Crippen LogP contribution in [0.2, 0.25) is 0 Å². The zero-order chi connectivity index (χ0) is 14.0. The van der Waals surface area contributed by atoms with Gasteiger partial charge in [0.25, 0.3) is 0 Å². The predicted molar refractivity (Wildman–Crippen MR) is 74.0 cm³/mol. The monoisotopic (exact) mass is 327 g/mol. The van der Waals surface area contributed by atoms with Gasteiger partial charge in [0.05, 0.1) is 15.7 Å². The Morgan fingerprint density at radius 2 is 2.00 bits per heavy atom. The van der Waals surface area contributed by atoms with Crippen molar-refractivity contribution < 1.29 is 8.78 Å². The minimum atomic E-state index is -0.666. The van der Waals surface area contributed by atoms with E-state index in [-0.39, 0.29) is 15.7 Å². The molecule has 0 bridgehead atoms. The minimum Gasteiger partial charge on any atom is -0.354 e. The third-order valence-electron chi connectivity index (χ3n) is 2.49. The molecule has 1 N–H and O–H groups in total. The summed E-state index contributed by atoms with van der Waals surface area (Å²) in [7, 11) is 0. The number of aromatic nitrogens is 2. The van der Waals surface area contributed by atoms with Gasteiger partial charge in [0.1, 0.15) is 11.6 Å². The van der Waals surface area contributed by atoms with E-state index in [1.165, 1.54) is 12.1 Å². The van der Waals surface area contributed by atoms with Crippen LogP contribution in [0.25, 0.3) is 11.3 Å². The fourth-order valence-electron chi connectivity index (χ4n) is 1.70. The summed E-state index contributed by atoms with van der Waals surface area (Å²) in [5.41, 5.74) is 0.707. The Balaban J connectivity index is 2.62. The van der Waals surface area contributed by atoms with Crippen molar-refractivity contribution in [2.24, 2.45) is 0 Å². The molecular weight excluding hydrogens is 316 g/mol. The van der Waals surface area contributed by atoms with Crippen molar-refractivity contribution >= 4 is 21.9 Å². The quantitative estimate of drug-likeness (QED) is 0.868. The maximum atomic E-state index is 14.0. The van der Waals surface area contributed by atoms with Gasteiger partial charge in [-0.15, -0.1) is 0 Å². The molecule has 0 spiro atoms. The van der Waals surface area contributed by atoms with E-state index in [1.54, 1.807) is 13.0 Å². The lowest BCUT2D eigenvalue weighted by atomic mass is 10.1. The second kappa shape index (κ2) is 5.61. The van der Waals surface area contributed by atoms with E-state index < -0.39 is 11.6 Å². The van der Waals surface area contributed by atoms with Gasteiger partial charge in [-0.2, -0.15) is 0 Å². The van der Waals surface area contributed by atoms with Crippen molar-refractivity contribution in [1.29, 1.82) is 0 Å². The molecule has 0 aliphatic rings. The highest BCUT2D eigenvalue weighted by molar-refractivity contribution is 9.10. The molecule has 1 aromatic heterocycles. The highest BCUT2D eigenvalue weighted by atomic mass is 79.9. The van der Waals surface area contributed by atoms with Gasteiger partial charge in [0.2, 0.25) is 5.95 Å². The Hall–Kier alpha value is -1.56. The molecule has 1 aromatic carbocycles. The molecule has 2 aromatic rings. The Morgan fingerprint density at radius 3 is 2.68 bits per heavy atom. The van der Waals surface area contributed by atoms with Crippen LogP contribution in [0.15, 0.2) is 22.7 Å². The van der Waals surface area contributed by atoms with Crippen molar-refractivity contribution in [2.45, 2.75) is 13.8 Å². The van der Waals surface area contributed by atoms with Crippen LogP contribution in [0, 0.1) is 18.6 Å². The smallest absolute Gasteiger partial charge is 0.223 e. The Kier molecular flexibility index (Phi) is 4.09. The standard InChI is InChI=1S/C13H12BrF2N3/c1-3-17-13-18-7(2)6-10(19-13)11-9(15)5-4-8(14)12(11)16/h4-6H,3H2,1-2H3,(H,17,18,19). The lowest BCUT2D eigenvalue weighted by molar-refractivity contribution is 0.584. The van der Waals surface area contributed by atoms with Crippen LogP contribution in [0.1, 0.15) is 12.6 Å². The highest BCUT2D eigenvalue weighted by Crippen LogP contribution is 2.30. The normalized spacial score (nSPS) is 10.6. The largest absolute Gasteiger partial charge is 0.354 e. The number of rotatable bonds is 3. The predicted octanol–water partition coefficient (Wildman–Crippen LogP) is 3.92. The number of nitrogens with zero attached hydrogens (tertiary/aromatic N) is 2. The second-order valence-corrected chi connectivity index (χ2v) is 4.82. The number of halogens is 3. The summed E-state index contributed by atoms with van der Waals surface area (Å²) in [6, 6.07) is 4.08. The zero-order valence-electron chi connectivity index (χ0n) is 10.5. The van der Waals surface area contributed by atoms with E-state index in [4.69, 9.17) is 0 Å². The molecular formula is C13H12BrF2N3. The number of nitrogens with one attached hydrogen (secondary N) is 1. The van der Waals surface area contributed by atoms with Gasteiger partial charge < -0.3 is 5.32 Å². The minimum absolute atomic E-state index is 0.154. The molecule has 0 radical (unpaired) electrons. The van der Waals surface area contributed by atoms with Gasteiger partial charge in [0, 0.05) is 12.2 Å². The molecule has 0 fully saturated rings. The third kappa shape index (κ3) is 2.89. The third-order valence-corrected chi connectivity index (χ3v) is 3.10. The van der Waals surface area contributed by atoms with E-state index in [2.05, 4.69) is 31.2 Å². The molecule has 0 unspecified atom stereocenters. The van der Waals surface area contributed by atoms with Gasteiger partial charge in [-0.25, -0.2) is 18.7 Å². The van der Waals surface area contributed by atoms with Crippen molar-refractivity contribution in [3.63, 3.8) is 0 Å². The zero-order valence-corrected chi connectivity index (χ0v) is 12.1. The second-order valence-electron chi connectivity index (χ2n) is 3.97. The van der Waals surface area contributed by atoms with E-state index >= 15 is 0 Å². The van der Waals surface area contributed by atoms with E-state index in [0.717, 1.165) is 0 Å². The molecule has 19 heavy (non-hydrogen) atoms. The van der Waals surface area contributed by atoms with Gasteiger partial charge in [-0.05, 0) is 48.0 Å². The van der Waals surface area contributed by atoms with Crippen LogP contribution in [-0.2, 0) is 0 Å². The van der Waals surface area contributed by atoms with E-state index in [0.29, 0.717) is 18.2 Å². The molecule has 2 rings (SSSR count). The summed E-state index contributed by atoms with van der Waals surface area (Å²) >= 11 is 3.04. The van der Waals surface area contributed by atoms with Gasteiger partial charge in [0.15, 0.2) is 0 Å². The van der Waals surface area contributed by atoms with Crippen molar-refractivity contribution in [1.82, 2.24) is 9.97 Å².